The number of hydrogen-bond acceptors (Lipinski definition) is 7. The Bertz CT molecular complexity index is 1760. The number of aromatic hydroxyl groups is 1. The van der Waals surface area contributed by atoms with E-state index in [0.717, 1.165) is 45.3 Å². The molecule has 4 heterocycles. The highest BCUT2D eigenvalue weighted by atomic mass is 35.5. The van der Waals surface area contributed by atoms with E-state index in [1.807, 2.05) is 0 Å². The minimum Gasteiger partial charge on any atom is -0.508 e. The van der Waals surface area contributed by atoms with Crippen LogP contribution >= 0.6 is 11.6 Å². The molecule has 10 heteroatoms. The van der Waals surface area contributed by atoms with Gasteiger partial charge in [-0.05, 0) is 74.5 Å². The first-order valence-electron chi connectivity index (χ1n) is 14.3. The molecule has 2 N–H and O–H groups in total. The summed E-state index contributed by atoms with van der Waals surface area (Å²) in [7, 11) is 2.06. The van der Waals surface area contributed by atoms with Gasteiger partial charge < -0.3 is 25.0 Å². The molecule has 0 spiro atoms. The normalized spacial score (nSPS) is 22.3. The molecule has 3 aromatic carbocycles. The Hall–Kier alpha value is -3.71. The van der Waals surface area contributed by atoms with Crippen LogP contribution in [-0.4, -0.2) is 71.4 Å². The lowest BCUT2D eigenvalue weighted by atomic mass is 9.93. The number of phenolic OH excluding ortho intramolecular Hbond substituents is 1. The Labute approximate surface area is 247 Å². The van der Waals surface area contributed by atoms with Crippen LogP contribution in [0.1, 0.15) is 31.2 Å². The standard InChI is InChI=1S/C32H30ClF2N5O2/c1-3-22-26(34)9-6-17-11-21(41)12-23(27(17)22)28-25(33)13-24-30(29(28)35)37-32(42-16-20-5-4-10-39(20)2)38-31(24)40-14-18-7-8-19(15-40)36-18/h1,6,9,11-13,18-20,36,41H,4-5,7-8,10,14-16H2,2H3/t18?,19?,20-/m0/s1. The molecule has 2 unspecified atom stereocenters. The zero-order valence-corrected chi connectivity index (χ0v) is 23.9. The zero-order chi connectivity index (χ0) is 29.1. The van der Waals surface area contributed by atoms with Crippen LogP contribution in [-0.2, 0) is 0 Å². The van der Waals surface area contributed by atoms with Gasteiger partial charge in [-0.15, -0.1) is 6.42 Å². The molecule has 1 aromatic heterocycles. The predicted molar refractivity (Wildman–Crippen MR) is 160 cm³/mol. The van der Waals surface area contributed by atoms with Crippen molar-refractivity contribution < 1.29 is 18.6 Å². The number of benzene rings is 3. The van der Waals surface area contributed by atoms with Gasteiger partial charge in [-0.3, -0.25) is 0 Å². The van der Waals surface area contributed by atoms with Crippen LogP contribution in [0.4, 0.5) is 14.6 Å². The van der Waals surface area contributed by atoms with Crippen molar-refractivity contribution >= 4 is 39.1 Å². The average Bonchev–Trinajstić information content (AvgIpc) is 3.54. The third-order valence-electron chi connectivity index (χ3n) is 8.90. The first kappa shape index (κ1) is 27.1. The Morgan fingerprint density at radius 1 is 1.14 bits per heavy atom. The largest absolute Gasteiger partial charge is 0.508 e. The van der Waals surface area contributed by atoms with Gasteiger partial charge in [0, 0.05) is 47.6 Å². The lowest BCUT2D eigenvalue weighted by Gasteiger charge is -2.34. The maximum atomic E-state index is 16.8. The van der Waals surface area contributed by atoms with Crippen LogP contribution in [0, 0.1) is 24.0 Å². The van der Waals surface area contributed by atoms with E-state index in [9.17, 15) is 9.50 Å². The molecule has 7 nitrogen and oxygen atoms in total. The van der Waals surface area contributed by atoms with Gasteiger partial charge in [0.05, 0.1) is 10.6 Å². The van der Waals surface area contributed by atoms with Crippen LogP contribution in [0.5, 0.6) is 11.8 Å². The Morgan fingerprint density at radius 2 is 1.93 bits per heavy atom. The molecule has 3 saturated heterocycles. The second-order valence-electron chi connectivity index (χ2n) is 11.6. The highest BCUT2D eigenvalue weighted by Crippen LogP contribution is 2.44. The van der Waals surface area contributed by atoms with Gasteiger partial charge in [0.1, 0.15) is 29.5 Å². The number of piperazine rings is 1. The van der Waals surface area contributed by atoms with E-state index in [-0.39, 0.29) is 50.4 Å². The van der Waals surface area contributed by atoms with Gasteiger partial charge in [0.15, 0.2) is 5.82 Å². The van der Waals surface area contributed by atoms with Crippen molar-refractivity contribution in [2.75, 3.05) is 38.2 Å². The molecule has 2 bridgehead atoms. The predicted octanol–water partition coefficient (Wildman–Crippen LogP) is 5.48. The molecular weight excluding hydrogens is 560 g/mol. The van der Waals surface area contributed by atoms with Crippen molar-refractivity contribution in [1.29, 1.82) is 0 Å². The molecule has 216 valence electrons. The van der Waals surface area contributed by atoms with Crippen molar-refractivity contribution in [3.05, 3.63) is 52.6 Å². The highest BCUT2D eigenvalue weighted by molar-refractivity contribution is 6.35. The number of ether oxygens (including phenoxy) is 1. The molecule has 0 saturated carbocycles. The van der Waals surface area contributed by atoms with Crippen LogP contribution in [0.2, 0.25) is 5.02 Å². The number of phenols is 1. The number of anilines is 1. The van der Waals surface area contributed by atoms with Crippen LogP contribution < -0.4 is 15.0 Å². The van der Waals surface area contributed by atoms with Crippen LogP contribution in [0.15, 0.2) is 30.3 Å². The fourth-order valence-electron chi connectivity index (χ4n) is 6.81. The second-order valence-corrected chi connectivity index (χ2v) is 12.0. The summed E-state index contributed by atoms with van der Waals surface area (Å²) in [5.74, 6) is 1.47. The van der Waals surface area contributed by atoms with Crippen LogP contribution in [0.25, 0.3) is 32.8 Å². The van der Waals surface area contributed by atoms with E-state index >= 15 is 4.39 Å². The van der Waals surface area contributed by atoms with Gasteiger partial charge in [-0.1, -0.05) is 23.6 Å². The number of aromatic nitrogens is 2. The molecule has 3 aliphatic heterocycles. The quantitative estimate of drug-likeness (QED) is 0.299. The van der Waals surface area contributed by atoms with Gasteiger partial charge in [0.2, 0.25) is 0 Å². The van der Waals surface area contributed by atoms with E-state index in [4.69, 9.17) is 27.7 Å². The number of halogens is 3. The number of terminal acetylenes is 1. The molecule has 0 amide bonds. The van der Waals surface area contributed by atoms with Gasteiger partial charge >= 0.3 is 6.01 Å². The van der Waals surface area contributed by atoms with E-state index < -0.39 is 11.6 Å². The van der Waals surface area contributed by atoms with Crippen molar-refractivity contribution in [3.8, 4) is 35.2 Å². The topological polar surface area (TPSA) is 73.8 Å². The SMILES string of the molecule is C#Cc1c(F)ccc2cc(O)cc(-c3c(Cl)cc4c(N5CC6CCC(C5)N6)nc(OC[C@@H]5CCCN5C)nc4c3F)c12. The molecule has 3 fully saturated rings. The summed E-state index contributed by atoms with van der Waals surface area (Å²) in [4.78, 5) is 13.7. The molecule has 0 radical (unpaired) electrons. The molecule has 3 aliphatic rings. The number of rotatable bonds is 5. The third kappa shape index (κ3) is 4.58. The van der Waals surface area contributed by atoms with Gasteiger partial charge in [-0.2, -0.15) is 9.97 Å². The van der Waals surface area contributed by atoms with Crippen molar-refractivity contribution in [3.63, 3.8) is 0 Å². The summed E-state index contributed by atoms with van der Waals surface area (Å²) in [6.07, 6.45) is 9.91. The monoisotopic (exact) mass is 589 g/mol. The number of nitrogens with zero attached hydrogens (tertiary/aromatic N) is 4. The van der Waals surface area contributed by atoms with E-state index in [1.54, 1.807) is 6.07 Å². The van der Waals surface area contributed by atoms with E-state index in [2.05, 4.69) is 33.1 Å². The number of likely N-dealkylation sites (tertiary alicyclic amines) is 1. The van der Waals surface area contributed by atoms with Gasteiger partial charge in [-0.25, -0.2) is 8.78 Å². The maximum Gasteiger partial charge on any atom is 0.319 e. The van der Waals surface area contributed by atoms with Crippen LogP contribution in [0.3, 0.4) is 0 Å². The summed E-state index contributed by atoms with van der Waals surface area (Å²) in [5, 5.41) is 15.4. The zero-order valence-electron chi connectivity index (χ0n) is 23.1. The second kappa shape index (κ2) is 10.5. The molecule has 4 aromatic rings. The van der Waals surface area contributed by atoms with E-state index in [1.165, 1.54) is 24.3 Å². The fraction of sp³-hybridized carbons (Fsp3) is 0.375. The summed E-state index contributed by atoms with van der Waals surface area (Å²) in [6, 6.07) is 8.13. The first-order chi connectivity index (χ1) is 20.3. The lowest BCUT2D eigenvalue weighted by molar-refractivity contribution is 0.188. The van der Waals surface area contributed by atoms with E-state index in [0.29, 0.717) is 35.3 Å². The summed E-state index contributed by atoms with van der Waals surface area (Å²) >= 11 is 6.82. The smallest absolute Gasteiger partial charge is 0.319 e. The number of fused-ring (bicyclic) bond motifs is 4. The number of hydrogen-bond donors (Lipinski definition) is 2. The highest BCUT2D eigenvalue weighted by Gasteiger charge is 2.34. The minimum atomic E-state index is -0.721. The summed E-state index contributed by atoms with van der Waals surface area (Å²) in [6.45, 7) is 2.82. The van der Waals surface area contributed by atoms with Crippen molar-refractivity contribution in [2.45, 2.75) is 43.8 Å². The fourth-order valence-corrected chi connectivity index (χ4v) is 7.10. The Kier molecular flexibility index (Phi) is 6.81. The molecular formula is C32H30ClF2N5O2. The average molecular weight is 590 g/mol. The Balaban J connectivity index is 1.43. The summed E-state index contributed by atoms with van der Waals surface area (Å²) in [5.41, 5.74) is 0.147. The molecule has 0 aliphatic carbocycles. The maximum absolute atomic E-state index is 16.8. The Morgan fingerprint density at radius 3 is 2.64 bits per heavy atom. The first-order valence-corrected chi connectivity index (χ1v) is 14.6. The van der Waals surface area contributed by atoms with Crippen molar-refractivity contribution in [2.24, 2.45) is 0 Å². The molecule has 3 atom stereocenters. The third-order valence-corrected chi connectivity index (χ3v) is 9.20. The minimum absolute atomic E-state index is 0.0290. The lowest BCUT2D eigenvalue weighted by Crippen LogP contribution is -2.51. The molecule has 7 rings (SSSR count). The van der Waals surface area contributed by atoms with Gasteiger partial charge in [0.25, 0.3) is 0 Å². The molecule has 42 heavy (non-hydrogen) atoms. The number of nitrogens with one attached hydrogen (secondary N) is 1. The summed E-state index contributed by atoms with van der Waals surface area (Å²) < 4.78 is 37.7. The number of likely N-dealkylation sites (N-methyl/N-ethyl adjacent to an activating group) is 1. The van der Waals surface area contributed by atoms with Crippen molar-refractivity contribution in [1.82, 2.24) is 20.2 Å².